The maximum Gasteiger partial charge on any atom is 0.173 e. The lowest BCUT2D eigenvalue weighted by molar-refractivity contribution is 0.416. The smallest absolute Gasteiger partial charge is 0.173 e. The first-order valence-electron chi connectivity index (χ1n) is 8.23. The Balaban J connectivity index is 2.24. The molecular weight excluding hydrogens is 344 g/mol. The third-order valence-electron chi connectivity index (χ3n) is 3.82. The molecule has 0 fully saturated rings. The maximum atomic E-state index is 8.83. The van der Waals surface area contributed by atoms with E-state index in [0.29, 0.717) is 36.8 Å². The Morgan fingerprint density at radius 2 is 1.69 bits per heavy atom. The van der Waals surface area contributed by atoms with Crippen LogP contribution in [0, 0.1) is 22.7 Å². The summed E-state index contributed by atoms with van der Waals surface area (Å²) in [6, 6.07) is 20.1. The molecule has 0 aliphatic carbocycles. The summed E-state index contributed by atoms with van der Waals surface area (Å²) in [4.78, 5) is 1.83. The lowest BCUT2D eigenvalue weighted by atomic mass is 10.0. The van der Waals surface area contributed by atoms with Crippen LogP contribution in [0.1, 0.15) is 12.8 Å². The molecule has 0 atom stereocenters. The molecule has 0 saturated heterocycles. The molecule has 0 aliphatic rings. The second-order valence-electron chi connectivity index (χ2n) is 5.51. The quantitative estimate of drug-likeness (QED) is 0.743. The van der Waals surface area contributed by atoms with Crippen molar-refractivity contribution in [2.24, 2.45) is 0 Å². The van der Waals surface area contributed by atoms with Gasteiger partial charge in [-0.2, -0.15) is 10.5 Å². The Morgan fingerprint density at radius 3 is 2.27 bits per heavy atom. The number of ether oxygens (including phenoxy) is 1. The van der Waals surface area contributed by atoms with Gasteiger partial charge >= 0.3 is 0 Å². The fraction of sp³-hybridized carbons (Fsp3) is 0.250. The van der Waals surface area contributed by atoms with Crippen LogP contribution in [0.3, 0.4) is 0 Å². The summed E-state index contributed by atoms with van der Waals surface area (Å²) < 4.78 is 5.43. The number of hydrogen-bond acceptors (Lipinski definition) is 4. The van der Waals surface area contributed by atoms with Crippen LogP contribution in [0.15, 0.2) is 48.5 Å². The number of thiocarbonyl (C=S) groups is 1. The van der Waals surface area contributed by atoms with Crippen molar-refractivity contribution in [3.05, 3.63) is 48.5 Å². The molecule has 26 heavy (non-hydrogen) atoms. The molecule has 2 rings (SSSR count). The Bertz CT molecular complexity index is 806. The average Bonchev–Trinajstić information content (AvgIpc) is 2.68. The molecular formula is C20H20N4OS. The van der Waals surface area contributed by atoms with Crippen LogP contribution in [0.5, 0.6) is 5.75 Å². The molecule has 0 heterocycles. The Kier molecular flexibility index (Phi) is 7.42. The molecule has 0 unspecified atom stereocenters. The van der Waals surface area contributed by atoms with E-state index in [4.69, 9.17) is 27.5 Å². The van der Waals surface area contributed by atoms with Gasteiger partial charge < -0.3 is 15.0 Å². The highest BCUT2D eigenvalue weighted by molar-refractivity contribution is 7.80. The van der Waals surface area contributed by atoms with Crippen molar-refractivity contribution in [1.29, 1.82) is 10.5 Å². The lowest BCUT2D eigenvalue weighted by Crippen LogP contribution is -2.36. The second kappa shape index (κ2) is 10.0. The molecule has 132 valence electrons. The molecule has 2 aromatic rings. The van der Waals surface area contributed by atoms with Crippen molar-refractivity contribution in [3.8, 4) is 29.0 Å². The fourth-order valence-corrected chi connectivity index (χ4v) is 2.79. The largest absolute Gasteiger partial charge is 0.495 e. The van der Waals surface area contributed by atoms with Crippen molar-refractivity contribution in [1.82, 2.24) is 4.90 Å². The van der Waals surface area contributed by atoms with E-state index in [-0.39, 0.29) is 0 Å². The van der Waals surface area contributed by atoms with Crippen LogP contribution >= 0.6 is 12.2 Å². The zero-order valence-corrected chi connectivity index (χ0v) is 15.4. The molecule has 2 aromatic carbocycles. The fourth-order valence-electron chi connectivity index (χ4n) is 2.49. The molecule has 0 bridgehead atoms. The highest BCUT2D eigenvalue weighted by Gasteiger charge is 2.13. The van der Waals surface area contributed by atoms with Crippen molar-refractivity contribution in [3.63, 3.8) is 0 Å². The van der Waals surface area contributed by atoms with E-state index >= 15 is 0 Å². The number of nitrogens with zero attached hydrogens (tertiary/aromatic N) is 3. The SMILES string of the molecule is COc1ccc(-c2ccccc2)cc1NC(=S)N(CCC#N)CCC#N. The summed E-state index contributed by atoms with van der Waals surface area (Å²) in [6.45, 7) is 0.954. The van der Waals surface area contributed by atoms with E-state index in [1.165, 1.54) is 0 Å². The zero-order valence-electron chi connectivity index (χ0n) is 14.6. The number of rotatable bonds is 7. The van der Waals surface area contributed by atoms with Gasteiger partial charge in [-0.25, -0.2) is 0 Å². The molecule has 0 aliphatic heterocycles. The molecule has 0 amide bonds. The molecule has 0 saturated carbocycles. The van der Waals surface area contributed by atoms with Gasteiger partial charge in [0.2, 0.25) is 0 Å². The van der Waals surface area contributed by atoms with E-state index in [1.807, 2.05) is 53.4 Å². The van der Waals surface area contributed by atoms with Gasteiger partial charge in [0.15, 0.2) is 5.11 Å². The molecule has 0 radical (unpaired) electrons. The van der Waals surface area contributed by atoms with E-state index in [0.717, 1.165) is 16.8 Å². The maximum absolute atomic E-state index is 8.83. The molecule has 5 nitrogen and oxygen atoms in total. The standard InChI is InChI=1S/C20H20N4OS/c1-25-19-10-9-17(16-7-3-2-4-8-16)15-18(19)23-20(26)24(13-5-11-21)14-6-12-22/h2-4,7-10,15H,5-6,13-14H2,1H3,(H,23,26). The number of methoxy groups -OCH3 is 1. The predicted molar refractivity (Wildman–Crippen MR) is 107 cm³/mol. The van der Waals surface area contributed by atoms with E-state index in [2.05, 4.69) is 17.5 Å². The normalized spacial score (nSPS) is 9.65. The molecule has 1 N–H and O–H groups in total. The van der Waals surface area contributed by atoms with Crippen molar-refractivity contribution < 1.29 is 4.74 Å². The lowest BCUT2D eigenvalue weighted by Gasteiger charge is -2.25. The summed E-state index contributed by atoms with van der Waals surface area (Å²) in [5.74, 6) is 0.674. The van der Waals surface area contributed by atoms with Crippen LogP contribution in [-0.2, 0) is 0 Å². The zero-order chi connectivity index (χ0) is 18.8. The number of nitriles is 2. The number of anilines is 1. The van der Waals surface area contributed by atoms with Crippen LogP contribution in [0.25, 0.3) is 11.1 Å². The topological polar surface area (TPSA) is 72.1 Å². The van der Waals surface area contributed by atoms with Crippen LogP contribution in [0.2, 0.25) is 0 Å². The molecule has 6 heteroatoms. The monoisotopic (exact) mass is 364 g/mol. The Hall–Kier alpha value is -3.09. The first-order valence-corrected chi connectivity index (χ1v) is 8.63. The minimum Gasteiger partial charge on any atom is -0.495 e. The number of nitrogens with one attached hydrogen (secondary N) is 1. The molecule has 0 aromatic heterocycles. The summed E-state index contributed by atoms with van der Waals surface area (Å²) in [5.41, 5.74) is 2.88. The van der Waals surface area contributed by atoms with Gasteiger partial charge in [0.1, 0.15) is 5.75 Å². The van der Waals surface area contributed by atoms with Gasteiger partial charge in [-0.05, 0) is 35.5 Å². The van der Waals surface area contributed by atoms with Crippen LogP contribution < -0.4 is 10.1 Å². The minimum absolute atomic E-state index is 0.342. The van der Waals surface area contributed by atoms with Crippen LogP contribution in [0.4, 0.5) is 5.69 Å². The predicted octanol–water partition coefficient (Wildman–Crippen LogP) is 4.19. The summed E-state index contributed by atoms with van der Waals surface area (Å²) in [6.07, 6.45) is 0.683. The first-order chi connectivity index (χ1) is 12.7. The van der Waals surface area contributed by atoms with Crippen LogP contribution in [-0.4, -0.2) is 30.2 Å². The molecule has 0 spiro atoms. The third kappa shape index (κ3) is 5.20. The van der Waals surface area contributed by atoms with Gasteiger partial charge in [0, 0.05) is 13.1 Å². The van der Waals surface area contributed by atoms with Gasteiger partial charge in [-0.1, -0.05) is 36.4 Å². The van der Waals surface area contributed by atoms with Gasteiger partial charge in [0.05, 0.1) is 37.8 Å². The van der Waals surface area contributed by atoms with Crippen molar-refractivity contribution in [2.75, 3.05) is 25.5 Å². The third-order valence-corrected chi connectivity index (χ3v) is 4.18. The van der Waals surface area contributed by atoms with E-state index < -0.39 is 0 Å². The summed E-state index contributed by atoms with van der Waals surface area (Å²) in [7, 11) is 1.61. The van der Waals surface area contributed by atoms with E-state index in [1.54, 1.807) is 7.11 Å². The highest BCUT2D eigenvalue weighted by Crippen LogP contribution is 2.30. The number of benzene rings is 2. The summed E-state index contributed by atoms with van der Waals surface area (Å²) in [5, 5.41) is 21.3. The van der Waals surface area contributed by atoms with Gasteiger partial charge in [-0.3, -0.25) is 0 Å². The van der Waals surface area contributed by atoms with Gasteiger partial charge in [0.25, 0.3) is 0 Å². The highest BCUT2D eigenvalue weighted by atomic mass is 32.1. The van der Waals surface area contributed by atoms with Gasteiger partial charge in [-0.15, -0.1) is 0 Å². The van der Waals surface area contributed by atoms with Crippen molar-refractivity contribution >= 4 is 23.0 Å². The average molecular weight is 364 g/mol. The van der Waals surface area contributed by atoms with E-state index in [9.17, 15) is 0 Å². The Labute approximate surface area is 159 Å². The summed E-state index contributed by atoms with van der Waals surface area (Å²) >= 11 is 5.49. The Morgan fingerprint density at radius 1 is 1.04 bits per heavy atom. The van der Waals surface area contributed by atoms with Crippen molar-refractivity contribution in [2.45, 2.75) is 12.8 Å². The number of hydrogen-bond donors (Lipinski definition) is 1. The first kappa shape index (κ1) is 19.2. The minimum atomic E-state index is 0.342. The second-order valence-corrected chi connectivity index (χ2v) is 5.90.